The lowest BCUT2D eigenvalue weighted by molar-refractivity contribution is -0.119. The summed E-state index contributed by atoms with van der Waals surface area (Å²) in [5.74, 6) is 0.847. The maximum absolute atomic E-state index is 13.2. The number of ether oxygens (including phenoxy) is 2. The molecule has 0 saturated heterocycles. The van der Waals surface area contributed by atoms with Crippen LogP contribution in [0.1, 0.15) is 30.5 Å². The molecule has 3 rings (SSSR count). The molecular weight excluding hydrogens is 368 g/mol. The number of carbonyl (C=O) groups excluding carboxylic acids is 1. The van der Waals surface area contributed by atoms with Crippen molar-refractivity contribution in [1.82, 2.24) is 4.57 Å². The molecule has 0 aliphatic heterocycles. The fourth-order valence-electron chi connectivity index (χ4n) is 3.65. The largest absolute Gasteiger partial charge is 0.497 e. The van der Waals surface area contributed by atoms with Gasteiger partial charge in [0.05, 0.1) is 25.4 Å². The number of nitrogens with one attached hydrogen (secondary N) is 1. The molecule has 1 heterocycles. The van der Waals surface area contributed by atoms with Crippen LogP contribution in [-0.2, 0) is 4.79 Å². The highest BCUT2D eigenvalue weighted by Crippen LogP contribution is 2.30. The SMILES string of the molecule is CCC(C(=O)Nc1ccc(OC)cc1OC)n1c(=O)cc(C)c2cccc(C)c21. The minimum atomic E-state index is -0.654. The monoisotopic (exact) mass is 394 g/mol. The first kappa shape index (κ1) is 20.5. The van der Waals surface area contributed by atoms with Crippen LogP contribution >= 0.6 is 0 Å². The number of aromatic nitrogens is 1. The maximum atomic E-state index is 13.2. The van der Waals surface area contributed by atoms with E-state index < -0.39 is 6.04 Å². The number of pyridine rings is 1. The first-order valence-electron chi connectivity index (χ1n) is 9.55. The molecule has 0 fully saturated rings. The summed E-state index contributed by atoms with van der Waals surface area (Å²) in [6, 6.07) is 12.0. The van der Waals surface area contributed by atoms with E-state index in [9.17, 15) is 9.59 Å². The third-order valence-electron chi connectivity index (χ3n) is 5.15. The van der Waals surface area contributed by atoms with Crippen molar-refractivity contribution in [3.05, 3.63) is 63.9 Å². The maximum Gasteiger partial charge on any atom is 0.252 e. The molecule has 0 aliphatic rings. The van der Waals surface area contributed by atoms with Gasteiger partial charge < -0.3 is 14.8 Å². The van der Waals surface area contributed by atoms with Crippen LogP contribution in [0.2, 0.25) is 0 Å². The van der Waals surface area contributed by atoms with Gasteiger partial charge in [-0.15, -0.1) is 0 Å². The van der Waals surface area contributed by atoms with Crippen LogP contribution in [0.25, 0.3) is 10.9 Å². The Labute approximate surface area is 170 Å². The zero-order chi connectivity index (χ0) is 21.1. The summed E-state index contributed by atoms with van der Waals surface area (Å²) >= 11 is 0. The molecule has 1 atom stereocenters. The number of aryl methyl sites for hydroxylation is 2. The van der Waals surface area contributed by atoms with Gasteiger partial charge in [0.1, 0.15) is 17.5 Å². The fraction of sp³-hybridized carbons (Fsp3) is 0.304. The van der Waals surface area contributed by atoms with E-state index in [1.807, 2.05) is 39.0 Å². The molecule has 6 nitrogen and oxygen atoms in total. The van der Waals surface area contributed by atoms with Crippen molar-refractivity contribution in [3.63, 3.8) is 0 Å². The molecule has 29 heavy (non-hydrogen) atoms. The summed E-state index contributed by atoms with van der Waals surface area (Å²) in [5.41, 5.74) is 2.99. The summed E-state index contributed by atoms with van der Waals surface area (Å²) in [6.45, 7) is 5.76. The number of amides is 1. The first-order chi connectivity index (χ1) is 13.9. The second-order valence-corrected chi connectivity index (χ2v) is 6.99. The first-order valence-corrected chi connectivity index (χ1v) is 9.55. The Kier molecular flexibility index (Phi) is 5.92. The summed E-state index contributed by atoms with van der Waals surface area (Å²) in [7, 11) is 3.10. The van der Waals surface area contributed by atoms with Gasteiger partial charge in [-0.25, -0.2) is 0 Å². The Balaban J connectivity index is 2.07. The Hall–Kier alpha value is -3.28. The summed E-state index contributed by atoms with van der Waals surface area (Å²) in [6.07, 6.45) is 0.469. The molecular formula is C23H26N2O4. The minimum Gasteiger partial charge on any atom is -0.497 e. The van der Waals surface area contributed by atoms with E-state index in [0.717, 1.165) is 22.0 Å². The van der Waals surface area contributed by atoms with Crippen molar-refractivity contribution in [1.29, 1.82) is 0 Å². The topological polar surface area (TPSA) is 69.6 Å². The second-order valence-electron chi connectivity index (χ2n) is 6.99. The number of para-hydroxylation sites is 1. The van der Waals surface area contributed by atoms with Gasteiger partial charge in [-0.05, 0) is 43.5 Å². The Morgan fingerprint density at radius 3 is 2.48 bits per heavy atom. The number of methoxy groups -OCH3 is 2. The highest BCUT2D eigenvalue weighted by atomic mass is 16.5. The molecule has 3 aromatic rings. The highest BCUT2D eigenvalue weighted by Gasteiger charge is 2.24. The molecule has 6 heteroatoms. The van der Waals surface area contributed by atoms with E-state index in [-0.39, 0.29) is 11.5 Å². The quantitative estimate of drug-likeness (QED) is 0.679. The van der Waals surface area contributed by atoms with E-state index in [2.05, 4.69) is 5.32 Å². The van der Waals surface area contributed by atoms with Gasteiger partial charge in [0.25, 0.3) is 5.56 Å². The molecule has 0 bridgehead atoms. The predicted octanol–water partition coefficient (Wildman–Crippen LogP) is 4.23. The van der Waals surface area contributed by atoms with Crippen molar-refractivity contribution in [2.24, 2.45) is 0 Å². The van der Waals surface area contributed by atoms with Crippen molar-refractivity contribution in [2.75, 3.05) is 19.5 Å². The normalized spacial score (nSPS) is 11.9. The van der Waals surface area contributed by atoms with Crippen LogP contribution < -0.4 is 20.3 Å². The molecule has 2 aromatic carbocycles. The molecule has 1 aromatic heterocycles. The van der Waals surface area contributed by atoms with Gasteiger partial charge in [0.2, 0.25) is 5.91 Å². The zero-order valence-corrected chi connectivity index (χ0v) is 17.4. The minimum absolute atomic E-state index is 0.187. The van der Waals surface area contributed by atoms with Gasteiger partial charge in [0, 0.05) is 17.5 Å². The molecule has 0 radical (unpaired) electrons. The standard InChI is InChI=1S/C23H26N2O4/c1-6-19(23(27)24-18-11-10-16(28-4)13-20(18)29-5)25-21(26)12-15(3)17-9-7-8-14(2)22(17)25/h7-13,19H,6H2,1-5H3,(H,24,27). The molecule has 0 spiro atoms. The Morgan fingerprint density at radius 2 is 1.83 bits per heavy atom. The number of nitrogens with zero attached hydrogens (tertiary/aromatic N) is 1. The molecule has 0 saturated carbocycles. The summed E-state index contributed by atoms with van der Waals surface area (Å²) < 4.78 is 12.2. The number of hydrogen-bond donors (Lipinski definition) is 1. The lowest BCUT2D eigenvalue weighted by Crippen LogP contribution is -2.33. The second kappa shape index (κ2) is 8.39. The smallest absolute Gasteiger partial charge is 0.252 e. The summed E-state index contributed by atoms with van der Waals surface area (Å²) in [5, 5.41) is 3.88. The zero-order valence-electron chi connectivity index (χ0n) is 17.4. The number of benzene rings is 2. The van der Waals surface area contributed by atoms with Crippen LogP contribution in [0.3, 0.4) is 0 Å². The molecule has 152 valence electrons. The van der Waals surface area contributed by atoms with Crippen LogP contribution in [0.4, 0.5) is 5.69 Å². The van der Waals surface area contributed by atoms with Gasteiger partial charge >= 0.3 is 0 Å². The third kappa shape index (κ3) is 3.83. The van der Waals surface area contributed by atoms with E-state index in [0.29, 0.717) is 23.6 Å². The lowest BCUT2D eigenvalue weighted by Gasteiger charge is -2.22. The van der Waals surface area contributed by atoms with Crippen LogP contribution in [0.15, 0.2) is 47.3 Å². The van der Waals surface area contributed by atoms with Crippen molar-refractivity contribution in [2.45, 2.75) is 33.2 Å². The highest BCUT2D eigenvalue weighted by molar-refractivity contribution is 5.96. The van der Waals surface area contributed by atoms with E-state index in [1.165, 1.54) is 7.11 Å². The molecule has 0 aliphatic carbocycles. The number of carbonyl (C=O) groups is 1. The molecule has 1 amide bonds. The van der Waals surface area contributed by atoms with Crippen LogP contribution in [-0.4, -0.2) is 24.7 Å². The fourth-order valence-corrected chi connectivity index (χ4v) is 3.65. The number of anilines is 1. The number of hydrogen-bond acceptors (Lipinski definition) is 4. The predicted molar refractivity (Wildman–Crippen MR) is 115 cm³/mol. The van der Waals surface area contributed by atoms with Crippen LogP contribution in [0, 0.1) is 13.8 Å². The van der Waals surface area contributed by atoms with Gasteiger partial charge in [-0.1, -0.05) is 25.1 Å². The average molecular weight is 394 g/mol. The van der Waals surface area contributed by atoms with Crippen LogP contribution in [0.5, 0.6) is 11.5 Å². The van der Waals surface area contributed by atoms with Gasteiger partial charge in [-0.2, -0.15) is 0 Å². The van der Waals surface area contributed by atoms with Crippen molar-refractivity contribution < 1.29 is 14.3 Å². The van der Waals surface area contributed by atoms with Crippen molar-refractivity contribution in [3.8, 4) is 11.5 Å². The number of fused-ring (bicyclic) bond motifs is 1. The molecule has 1 N–H and O–H groups in total. The average Bonchev–Trinajstić information content (AvgIpc) is 2.71. The van der Waals surface area contributed by atoms with Gasteiger partial charge in [-0.3, -0.25) is 14.2 Å². The Bertz CT molecular complexity index is 1120. The third-order valence-corrected chi connectivity index (χ3v) is 5.15. The lowest BCUT2D eigenvalue weighted by atomic mass is 10.0. The van der Waals surface area contributed by atoms with E-state index >= 15 is 0 Å². The summed E-state index contributed by atoms with van der Waals surface area (Å²) in [4.78, 5) is 26.1. The molecule has 1 unspecified atom stereocenters. The Morgan fingerprint density at radius 1 is 1.07 bits per heavy atom. The van der Waals surface area contributed by atoms with E-state index in [1.54, 1.807) is 35.9 Å². The van der Waals surface area contributed by atoms with E-state index in [4.69, 9.17) is 9.47 Å². The number of rotatable bonds is 6. The van der Waals surface area contributed by atoms with Gasteiger partial charge in [0.15, 0.2) is 0 Å². The van der Waals surface area contributed by atoms with Crippen molar-refractivity contribution >= 4 is 22.5 Å².